The molecular weight excluding hydrogens is 102 g/mol. The molecule has 0 spiro atoms. The summed E-state index contributed by atoms with van der Waals surface area (Å²) >= 11 is 0. The lowest BCUT2D eigenvalue weighted by Gasteiger charge is -2.03. The van der Waals surface area contributed by atoms with Crippen LogP contribution in [0.5, 0.6) is 0 Å². The monoisotopic (exact) mass is 113 g/mol. The van der Waals surface area contributed by atoms with E-state index in [1.807, 2.05) is 6.08 Å². The first-order valence-corrected chi connectivity index (χ1v) is 2.93. The van der Waals surface area contributed by atoms with Crippen LogP contribution in [0.3, 0.4) is 0 Å². The van der Waals surface area contributed by atoms with E-state index in [-0.39, 0.29) is 5.92 Å². The highest BCUT2D eigenvalue weighted by Crippen LogP contribution is 2.21. The van der Waals surface area contributed by atoms with E-state index in [9.17, 15) is 0 Å². The van der Waals surface area contributed by atoms with Gasteiger partial charge in [-0.3, -0.25) is 0 Å². The Labute approximate surface area is 49.0 Å². The molecule has 1 aliphatic rings. The van der Waals surface area contributed by atoms with Crippen LogP contribution in [-0.4, -0.2) is 11.7 Å². The van der Waals surface area contributed by atoms with Gasteiger partial charge >= 0.3 is 0 Å². The van der Waals surface area contributed by atoms with Crippen LogP contribution in [0.25, 0.3) is 0 Å². The lowest BCUT2D eigenvalue weighted by molar-refractivity contribution is 0.342. The zero-order valence-corrected chi connectivity index (χ0v) is 4.80. The van der Waals surface area contributed by atoms with E-state index in [2.05, 4.69) is 0 Å². The quantitative estimate of drug-likeness (QED) is 0.528. The minimum atomic E-state index is 0.259. The summed E-state index contributed by atoms with van der Waals surface area (Å²) < 4.78 is 0. The molecule has 0 aromatic heterocycles. The van der Waals surface area contributed by atoms with Crippen LogP contribution in [0.2, 0.25) is 0 Å². The van der Waals surface area contributed by atoms with Gasteiger partial charge in [-0.05, 0) is 18.9 Å². The molecule has 46 valence electrons. The highest BCUT2D eigenvalue weighted by Gasteiger charge is 2.15. The van der Waals surface area contributed by atoms with Crippen LogP contribution in [0, 0.1) is 5.92 Å². The molecule has 0 radical (unpaired) electrons. The molecule has 1 atom stereocenters. The Morgan fingerprint density at radius 2 is 2.62 bits per heavy atom. The summed E-state index contributed by atoms with van der Waals surface area (Å²) in [7, 11) is 0. The summed E-state index contributed by atoms with van der Waals surface area (Å²) in [6, 6.07) is 0. The zero-order valence-electron chi connectivity index (χ0n) is 4.80. The lowest BCUT2D eigenvalue weighted by atomic mass is 10.1. The molecule has 0 saturated carbocycles. The molecule has 1 unspecified atom stereocenters. The smallest absolute Gasteiger partial charge is 0.0926 e. The molecule has 0 heterocycles. The maximum absolute atomic E-state index is 8.97. The number of aliphatic hydroxyl groups excluding tert-OH is 1. The lowest BCUT2D eigenvalue weighted by Crippen LogP contribution is -2.12. The predicted octanol–water partition coefficient (Wildman–Crippen LogP) is 0.797. The van der Waals surface area contributed by atoms with Gasteiger partial charge in [0.1, 0.15) is 0 Å². The van der Waals surface area contributed by atoms with Gasteiger partial charge < -0.3 is 10.8 Å². The molecule has 0 bridgehead atoms. The minimum absolute atomic E-state index is 0.259. The van der Waals surface area contributed by atoms with E-state index < -0.39 is 0 Å². The molecule has 0 aromatic rings. The van der Waals surface area contributed by atoms with Crippen LogP contribution in [0.15, 0.2) is 11.8 Å². The van der Waals surface area contributed by atoms with E-state index in [4.69, 9.17) is 10.8 Å². The standard InChI is InChI=1S/C6H11NO/c7-4-5-2-1-3-6(5)8/h3,5,8H,1-2,4,7H2. The van der Waals surface area contributed by atoms with Crippen molar-refractivity contribution in [2.45, 2.75) is 12.8 Å². The Kier molecular flexibility index (Phi) is 1.53. The van der Waals surface area contributed by atoms with Crippen LogP contribution in [0.1, 0.15) is 12.8 Å². The Balaban J connectivity index is 2.46. The minimum Gasteiger partial charge on any atom is -0.512 e. The third-order valence-electron chi connectivity index (χ3n) is 1.57. The van der Waals surface area contributed by atoms with Gasteiger partial charge in [0.05, 0.1) is 5.76 Å². The van der Waals surface area contributed by atoms with Crippen molar-refractivity contribution in [3.63, 3.8) is 0 Å². The highest BCUT2D eigenvalue weighted by molar-refractivity contribution is 5.03. The van der Waals surface area contributed by atoms with Crippen molar-refractivity contribution >= 4 is 0 Å². The SMILES string of the molecule is NCC1CCC=C1O. The summed E-state index contributed by atoms with van der Waals surface area (Å²) in [5.41, 5.74) is 5.32. The Bertz CT molecular complexity index is 109. The Morgan fingerprint density at radius 1 is 1.88 bits per heavy atom. The molecule has 0 aromatic carbocycles. The molecule has 0 fully saturated rings. The molecule has 2 heteroatoms. The Hall–Kier alpha value is -0.500. The summed E-state index contributed by atoms with van der Waals surface area (Å²) in [6.45, 7) is 0.586. The van der Waals surface area contributed by atoms with Crippen molar-refractivity contribution in [3.05, 3.63) is 11.8 Å². The third-order valence-corrected chi connectivity index (χ3v) is 1.57. The first-order valence-electron chi connectivity index (χ1n) is 2.93. The van der Waals surface area contributed by atoms with Crippen molar-refractivity contribution in [1.82, 2.24) is 0 Å². The van der Waals surface area contributed by atoms with Gasteiger partial charge in [0, 0.05) is 12.5 Å². The third kappa shape index (κ3) is 0.842. The second-order valence-electron chi connectivity index (χ2n) is 2.14. The molecule has 1 aliphatic carbocycles. The molecule has 1 rings (SSSR count). The fourth-order valence-corrected chi connectivity index (χ4v) is 0.986. The summed E-state index contributed by atoms with van der Waals surface area (Å²) in [5, 5.41) is 8.97. The normalized spacial score (nSPS) is 28.1. The van der Waals surface area contributed by atoms with E-state index in [1.165, 1.54) is 0 Å². The summed E-state index contributed by atoms with van der Waals surface area (Å²) in [5.74, 6) is 0.752. The van der Waals surface area contributed by atoms with Gasteiger partial charge in [0.25, 0.3) is 0 Å². The van der Waals surface area contributed by atoms with Crippen LogP contribution in [0.4, 0.5) is 0 Å². The van der Waals surface area contributed by atoms with Crippen LogP contribution < -0.4 is 5.73 Å². The molecule has 0 saturated heterocycles. The van der Waals surface area contributed by atoms with Crippen molar-refractivity contribution in [3.8, 4) is 0 Å². The molecule has 2 nitrogen and oxygen atoms in total. The summed E-state index contributed by atoms with van der Waals surface area (Å²) in [6.07, 6.45) is 3.87. The van der Waals surface area contributed by atoms with E-state index in [1.54, 1.807) is 0 Å². The van der Waals surface area contributed by atoms with Crippen molar-refractivity contribution in [1.29, 1.82) is 0 Å². The molecular formula is C6H11NO. The predicted molar refractivity (Wildman–Crippen MR) is 32.5 cm³/mol. The van der Waals surface area contributed by atoms with E-state index >= 15 is 0 Å². The van der Waals surface area contributed by atoms with Gasteiger partial charge in [0.2, 0.25) is 0 Å². The average Bonchev–Trinajstić information content (AvgIpc) is 2.14. The molecule has 8 heavy (non-hydrogen) atoms. The van der Waals surface area contributed by atoms with Gasteiger partial charge in [-0.25, -0.2) is 0 Å². The number of aliphatic hydroxyl groups is 1. The number of hydrogen-bond acceptors (Lipinski definition) is 2. The highest BCUT2D eigenvalue weighted by atomic mass is 16.3. The fourth-order valence-electron chi connectivity index (χ4n) is 0.986. The number of allylic oxidation sites excluding steroid dienone is 1. The number of nitrogens with two attached hydrogens (primary N) is 1. The van der Waals surface area contributed by atoms with Gasteiger partial charge in [-0.2, -0.15) is 0 Å². The van der Waals surface area contributed by atoms with Gasteiger partial charge in [0.15, 0.2) is 0 Å². The van der Waals surface area contributed by atoms with E-state index in [0.29, 0.717) is 12.3 Å². The average molecular weight is 113 g/mol. The molecule has 0 amide bonds. The van der Waals surface area contributed by atoms with Crippen molar-refractivity contribution in [2.24, 2.45) is 11.7 Å². The first-order chi connectivity index (χ1) is 3.84. The second kappa shape index (κ2) is 2.18. The maximum atomic E-state index is 8.97. The van der Waals surface area contributed by atoms with Crippen LogP contribution in [-0.2, 0) is 0 Å². The second-order valence-corrected chi connectivity index (χ2v) is 2.14. The Morgan fingerprint density at radius 3 is 2.88 bits per heavy atom. The van der Waals surface area contributed by atoms with Crippen molar-refractivity contribution < 1.29 is 5.11 Å². The maximum Gasteiger partial charge on any atom is 0.0926 e. The molecule has 0 aliphatic heterocycles. The molecule has 3 N–H and O–H groups in total. The zero-order chi connectivity index (χ0) is 5.98. The van der Waals surface area contributed by atoms with E-state index in [0.717, 1.165) is 12.8 Å². The summed E-state index contributed by atoms with van der Waals surface area (Å²) in [4.78, 5) is 0. The van der Waals surface area contributed by atoms with Crippen molar-refractivity contribution in [2.75, 3.05) is 6.54 Å². The number of hydrogen-bond donors (Lipinski definition) is 2. The van der Waals surface area contributed by atoms with Gasteiger partial charge in [-0.1, -0.05) is 0 Å². The topological polar surface area (TPSA) is 46.2 Å². The van der Waals surface area contributed by atoms with Crippen LogP contribution >= 0.6 is 0 Å². The number of rotatable bonds is 1. The fraction of sp³-hybridized carbons (Fsp3) is 0.667. The first kappa shape index (κ1) is 5.63. The van der Waals surface area contributed by atoms with Gasteiger partial charge in [-0.15, -0.1) is 0 Å². The largest absolute Gasteiger partial charge is 0.512 e.